The highest BCUT2D eigenvalue weighted by Gasteiger charge is 2.31. The van der Waals surface area contributed by atoms with Crippen molar-refractivity contribution >= 4 is 11.8 Å². The average Bonchev–Trinajstić information content (AvgIpc) is 3.10. The van der Waals surface area contributed by atoms with Crippen molar-refractivity contribution in [2.75, 3.05) is 23.8 Å². The van der Waals surface area contributed by atoms with Gasteiger partial charge in [0.2, 0.25) is 5.95 Å². The van der Waals surface area contributed by atoms with E-state index in [4.69, 9.17) is 4.74 Å². The lowest BCUT2D eigenvalue weighted by molar-refractivity contribution is -0.274. The van der Waals surface area contributed by atoms with E-state index in [1.165, 1.54) is 18.2 Å². The minimum atomic E-state index is -4.75. The zero-order chi connectivity index (χ0) is 21.1. The van der Waals surface area contributed by atoms with Gasteiger partial charge in [0.25, 0.3) is 0 Å². The van der Waals surface area contributed by atoms with Crippen molar-refractivity contribution in [1.29, 1.82) is 0 Å². The summed E-state index contributed by atoms with van der Waals surface area (Å²) in [6.07, 6.45) is -2.62. The summed E-state index contributed by atoms with van der Waals surface area (Å²) in [6.45, 7) is 7.27. The van der Waals surface area contributed by atoms with Gasteiger partial charge in [-0.2, -0.15) is 4.98 Å². The fraction of sp³-hybridized carbons (Fsp3) is 0.500. The van der Waals surface area contributed by atoms with E-state index >= 15 is 0 Å². The van der Waals surface area contributed by atoms with Gasteiger partial charge >= 0.3 is 6.36 Å². The lowest BCUT2D eigenvalue weighted by atomic mass is 10.1. The second-order valence-corrected chi connectivity index (χ2v) is 7.93. The molecule has 1 atom stereocenters. The normalized spacial score (nSPS) is 17.2. The summed E-state index contributed by atoms with van der Waals surface area (Å²) >= 11 is 0. The number of ether oxygens (including phenoxy) is 2. The van der Waals surface area contributed by atoms with Gasteiger partial charge in [-0.3, -0.25) is 0 Å². The summed E-state index contributed by atoms with van der Waals surface area (Å²) in [4.78, 5) is 8.96. The third-order valence-corrected chi connectivity index (χ3v) is 4.11. The third kappa shape index (κ3) is 6.77. The first-order valence-corrected chi connectivity index (χ1v) is 9.46. The molecule has 0 unspecified atom stereocenters. The van der Waals surface area contributed by atoms with E-state index < -0.39 is 6.36 Å². The highest BCUT2D eigenvalue weighted by Crippen LogP contribution is 2.29. The van der Waals surface area contributed by atoms with Crippen molar-refractivity contribution in [2.24, 2.45) is 0 Å². The van der Waals surface area contributed by atoms with Gasteiger partial charge in [0, 0.05) is 30.3 Å². The van der Waals surface area contributed by atoms with Crippen LogP contribution in [0.25, 0.3) is 11.3 Å². The zero-order valence-electron chi connectivity index (χ0n) is 16.6. The largest absolute Gasteiger partial charge is 0.573 e. The van der Waals surface area contributed by atoms with Crippen molar-refractivity contribution in [1.82, 2.24) is 9.97 Å². The third-order valence-electron chi connectivity index (χ3n) is 4.11. The molecule has 1 aliphatic rings. The van der Waals surface area contributed by atoms with Gasteiger partial charge in [0.15, 0.2) is 0 Å². The number of aromatic nitrogens is 2. The number of nitrogens with zero attached hydrogens (tertiary/aromatic N) is 2. The van der Waals surface area contributed by atoms with Gasteiger partial charge in [-0.15, -0.1) is 13.2 Å². The van der Waals surface area contributed by atoms with Crippen molar-refractivity contribution in [3.63, 3.8) is 0 Å². The Labute approximate surface area is 167 Å². The molecule has 1 saturated heterocycles. The second kappa shape index (κ2) is 8.44. The predicted molar refractivity (Wildman–Crippen MR) is 105 cm³/mol. The number of benzene rings is 1. The Balaban J connectivity index is 1.88. The van der Waals surface area contributed by atoms with Gasteiger partial charge in [-0.1, -0.05) is 12.1 Å². The molecule has 2 N–H and O–H groups in total. The molecule has 0 saturated carbocycles. The maximum Gasteiger partial charge on any atom is 0.573 e. The summed E-state index contributed by atoms with van der Waals surface area (Å²) in [6, 6.07) is 7.43. The molecule has 2 heterocycles. The fourth-order valence-corrected chi connectivity index (χ4v) is 2.95. The number of hydrogen-bond acceptors (Lipinski definition) is 6. The molecule has 1 aromatic heterocycles. The van der Waals surface area contributed by atoms with E-state index in [-0.39, 0.29) is 17.4 Å². The van der Waals surface area contributed by atoms with E-state index in [1.54, 1.807) is 12.1 Å². The van der Waals surface area contributed by atoms with Gasteiger partial charge in [0.05, 0.1) is 11.8 Å². The van der Waals surface area contributed by atoms with Crippen LogP contribution in [0.4, 0.5) is 24.9 Å². The van der Waals surface area contributed by atoms with Crippen LogP contribution in [0.5, 0.6) is 5.75 Å². The molecule has 158 valence electrons. The maximum atomic E-state index is 12.6. The SMILES string of the molecule is CC(C)(C)Nc1nc(NC[C@@H]2CCCO2)cc(-c2cccc(OC(F)(F)F)c2)n1. The molecular formula is C20H25F3N4O2. The Morgan fingerprint density at radius 3 is 2.62 bits per heavy atom. The summed E-state index contributed by atoms with van der Waals surface area (Å²) < 4.78 is 47.3. The molecule has 9 heteroatoms. The van der Waals surface area contributed by atoms with E-state index in [2.05, 4.69) is 25.3 Å². The highest BCUT2D eigenvalue weighted by molar-refractivity contribution is 5.66. The number of rotatable bonds is 6. The van der Waals surface area contributed by atoms with Crippen molar-refractivity contribution in [2.45, 2.75) is 51.6 Å². The molecule has 1 aliphatic heterocycles. The van der Waals surface area contributed by atoms with E-state index in [9.17, 15) is 13.2 Å². The van der Waals surface area contributed by atoms with Crippen molar-refractivity contribution in [3.8, 4) is 17.0 Å². The van der Waals surface area contributed by atoms with E-state index in [0.717, 1.165) is 19.4 Å². The summed E-state index contributed by atoms with van der Waals surface area (Å²) in [5, 5.41) is 6.46. The first kappa shape index (κ1) is 21.2. The molecule has 1 aromatic carbocycles. The molecule has 0 bridgehead atoms. The van der Waals surface area contributed by atoms with Crippen LogP contribution in [0, 0.1) is 0 Å². The number of halogens is 3. The number of hydrogen-bond donors (Lipinski definition) is 2. The van der Waals surface area contributed by atoms with Crippen LogP contribution in [-0.2, 0) is 4.74 Å². The summed E-state index contributed by atoms with van der Waals surface area (Å²) in [7, 11) is 0. The Kier molecular flexibility index (Phi) is 6.16. The first-order valence-electron chi connectivity index (χ1n) is 9.46. The first-order chi connectivity index (χ1) is 13.6. The summed E-state index contributed by atoms with van der Waals surface area (Å²) in [5.41, 5.74) is 0.687. The van der Waals surface area contributed by atoms with Crippen LogP contribution in [0.15, 0.2) is 30.3 Å². The summed E-state index contributed by atoms with van der Waals surface area (Å²) in [5.74, 6) is 0.652. The highest BCUT2D eigenvalue weighted by atomic mass is 19.4. The minimum Gasteiger partial charge on any atom is -0.406 e. The Morgan fingerprint density at radius 2 is 1.97 bits per heavy atom. The molecule has 6 nitrogen and oxygen atoms in total. The second-order valence-electron chi connectivity index (χ2n) is 7.93. The molecule has 0 spiro atoms. The lowest BCUT2D eigenvalue weighted by Crippen LogP contribution is -2.28. The maximum absolute atomic E-state index is 12.6. The monoisotopic (exact) mass is 410 g/mol. The van der Waals surface area contributed by atoms with Crippen molar-refractivity contribution in [3.05, 3.63) is 30.3 Å². The van der Waals surface area contributed by atoms with E-state index in [1.807, 2.05) is 20.8 Å². The number of alkyl halides is 3. The number of nitrogens with one attached hydrogen (secondary N) is 2. The van der Waals surface area contributed by atoms with Crippen molar-refractivity contribution < 1.29 is 22.6 Å². The van der Waals surface area contributed by atoms with Gasteiger partial charge < -0.3 is 20.1 Å². The quantitative estimate of drug-likeness (QED) is 0.710. The minimum absolute atomic E-state index is 0.121. The molecule has 2 aromatic rings. The van der Waals surface area contributed by atoms with Crippen LogP contribution in [0.1, 0.15) is 33.6 Å². The molecule has 0 aliphatic carbocycles. The zero-order valence-corrected chi connectivity index (χ0v) is 16.6. The predicted octanol–water partition coefficient (Wildman–Crippen LogP) is 4.84. The topological polar surface area (TPSA) is 68.3 Å². The molecule has 0 amide bonds. The van der Waals surface area contributed by atoms with E-state index in [0.29, 0.717) is 29.6 Å². The van der Waals surface area contributed by atoms with Crippen LogP contribution in [0.2, 0.25) is 0 Å². The van der Waals surface area contributed by atoms with Gasteiger partial charge in [-0.05, 0) is 45.7 Å². The van der Waals surface area contributed by atoms with Crippen LogP contribution < -0.4 is 15.4 Å². The Morgan fingerprint density at radius 1 is 1.17 bits per heavy atom. The Hall–Kier alpha value is -2.55. The van der Waals surface area contributed by atoms with Gasteiger partial charge in [-0.25, -0.2) is 4.98 Å². The molecular weight excluding hydrogens is 385 g/mol. The fourth-order valence-electron chi connectivity index (χ4n) is 2.95. The van der Waals surface area contributed by atoms with Gasteiger partial charge in [0.1, 0.15) is 11.6 Å². The van der Waals surface area contributed by atoms with Crippen LogP contribution in [-0.4, -0.2) is 41.1 Å². The standard InChI is InChI=1S/C20H25F3N4O2/c1-19(2,3)27-18-25-16(11-17(26-18)24-12-15-8-5-9-28-15)13-6-4-7-14(10-13)29-20(21,22)23/h4,6-7,10-11,15H,5,8-9,12H2,1-3H3,(H2,24,25,26,27)/t15-/m0/s1. The molecule has 0 radical (unpaired) electrons. The smallest absolute Gasteiger partial charge is 0.406 e. The lowest BCUT2D eigenvalue weighted by Gasteiger charge is -2.22. The van der Waals surface area contributed by atoms with Crippen LogP contribution in [0.3, 0.4) is 0 Å². The molecule has 29 heavy (non-hydrogen) atoms. The number of anilines is 2. The molecule has 1 fully saturated rings. The average molecular weight is 410 g/mol. The molecule has 3 rings (SSSR count). The Bertz CT molecular complexity index is 831. The van der Waals surface area contributed by atoms with Crippen LogP contribution >= 0.6 is 0 Å².